The van der Waals surface area contributed by atoms with Crippen LogP contribution < -0.4 is 5.73 Å². The second-order valence-corrected chi connectivity index (χ2v) is 5.19. The van der Waals surface area contributed by atoms with Crippen molar-refractivity contribution in [1.82, 2.24) is 4.90 Å². The molecule has 4 heteroatoms. The molecule has 0 aliphatic carbocycles. The van der Waals surface area contributed by atoms with Crippen molar-refractivity contribution in [2.45, 2.75) is 39.7 Å². The smallest absolute Gasteiger partial charge is 0.236 e. The second kappa shape index (κ2) is 5.03. The standard InChI is InChI=1S/C15H20N2O2/c1-3-15(4-2)9-13(18)17(14(15)19)10-11-6-5-7-12(16)8-11/h5-8H,3-4,9-10,16H2,1-2H3. The highest BCUT2D eigenvalue weighted by Gasteiger charge is 2.48. The first-order valence-corrected chi connectivity index (χ1v) is 6.71. The first-order chi connectivity index (χ1) is 9.02. The number of likely N-dealkylation sites (tertiary alicyclic amines) is 1. The number of amides is 2. The van der Waals surface area contributed by atoms with E-state index in [2.05, 4.69) is 0 Å². The number of nitrogen functional groups attached to an aromatic ring is 1. The molecule has 1 heterocycles. The number of hydrogen-bond donors (Lipinski definition) is 1. The van der Waals surface area contributed by atoms with Crippen molar-refractivity contribution in [3.63, 3.8) is 0 Å². The van der Waals surface area contributed by atoms with E-state index in [0.717, 1.165) is 5.56 Å². The number of benzene rings is 1. The molecule has 102 valence electrons. The summed E-state index contributed by atoms with van der Waals surface area (Å²) in [4.78, 5) is 25.9. The molecule has 19 heavy (non-hydrogen) atoms. The van der Waals surface area contributed by atoms with Gasteiger partial charge in [-0.25, -0.2) is 0 Å². The topological polar surface area (TPSA) is 63.4 Å². The van der Waals surface area contributed by atoms with Crippen molar-refractivity contribution in [1.29, 1.82) is 0 Å². The highest BCUT2D eigenvalue weighted by atomic mass is 16.2. The fourth-order valence-electron chi connectivity index (χ4n) is 2.70. The van der Waals surface area contributed by atoms with E-state index in [1.807, 2.05) is 26.0 Å². The Hall–Kier alpha value is -1.84. The van der Waals surface area contributed by atoms with Crippen LogP contribution in [-0.4, -0.2) is 16.7 Å². The van der Waals surface area contributed by atoms with Crippen LogP contribution in [0.3, 0.4) is 0 Å². The average molecular weight is 260 g/mol. The van der Waals surface area contributed by atoms with Crippen LogP contribution in [0.25, 0.3) is 0 Å². The zero-order chi connectivity index (χ0) is 14.0. The summed E-state index contributed by atoms with van der Waals surface area (Å²) in [5, 5.41) is 0. The maximum absolute atomic E-state index is 12.5. The average Bonchev–Trinajstić information content (AvgIpc) is 2.64. The van der Waals surface area contributed by atoms with Gasteiger partial charge in [0.15, 0.2) is 0 Å². The molecule has 1 aromatic carbocycles. The number of carbonyl (C=O) groups excluding carboxylic acids is 2. The van der Waals surface area contributed by atoms with Crippen molar-refractivity contribution >= 4 is 17.5 Å². The number of nitrogens with zero attached hydrogens (tertiary/aromatic N) is 1. The maximum Gasteiger partial charge on any atom is 0.236 e. The van der Waals surface area contributed by atoms with Gasteiger partial charge in [-0.3, -0.25) is 14.5 Å². The third-order valence-corrected chi connectivity index (χ3v) is 4.13. The molecule has 0 atom stereocenters. The minimum absolute atomic E-state index is 0.0371. The number of hydrogen-bond acceptors (Lipinski definition) is 3. The molecule has 1 fully saturated rings. The molecule has 1 aliphatic heterocycles. The van der Waals surface area contributed by atoms with Gasteiger partial charge in [0.25, 0.3) is 0 Å². The number of anilines is 1. The summed E-state index contributed by atoms with van der Waals surface area (Å²) in [6.07, 6.45) is 1.75. The second-order valence-electron chi connectivity index (χ2n) is 5.19. The minimum atomic E-state index is -0.489. The maximum atomic E-state index is 12.5. The predicted molar refractivity (Wildman–Crippen MR) is 74.0 cm³/mol. The summed E-state index contributed by atoms with van der Waals surface area (Å²) in [7, 11) is 0. The SMILES string of the molecule is CCC1(CC)CC(=O)N(Cc2cccc(N)c2)C1=O. The van der Waals surface area contributed by atoms with Crippen LogP contribution in [-0.2, 0) is 16.1 Å². The minimum Gasteiger partial charge on any atom is -0.399 e. The molecular weight excluding hydrogens is 240 g/mol. The Morgan fingerprint density at radius 1 is 1.26 bits per heavy atom. The van der Waals surface area contributed by atoms with Gasteiger partial charge in [-0.15, -0.1) is 0 Å². The highest BCUT2D eigenvalue weighted by molar-refractivity contribution is 6.05. The first-order valence-electron chi connectivity index (χ1n) is 6.71. The normalized spacial score (nSPS) is 18.1. The van der Waals surface area contributed by atoms with Gasteiger partial charge in [0, 0.05) is 12.1 Å². The lowest BCUT2D eigenvalue weighted by Gasteiger charge is -2.23. The van der Waals surface area contributed by atoms with Crippen molar-refractivity contribution in [2.75, 3.05) is 5.73 Å². The summed E-state index contributed by atoms with van der Waals surface area (Å²) in [5.41, 5.74) is 6.77. The number of imide groups is 1. The first kappa shape index (κ1) is 13.6. The van der Waals surface area contributed by atoms with Crippen molar-refractivity contribution < 1.29 is 9.59 Å². The van der Waals surface area contributed by atoms with Crippen LogP contribution in [0.1, 0.15) is 38.7 Å². The van der Waals surface area contributed by atoms with Crippen LogP contribution in [0.15, 0.2) is 24.3 Å². The third-order valence-electron chi connectivity index (χ3n) is 4.13. The Morgan fingerprint density at radius 3 is 2.47 bits per heavy atom. The molecule has 1 aliphatic rings. The Balaban J connectivity index is 2.22. The monoisotopic (exact) mass is 260 g/mol. The van der Waals surface area contributed by atoms with E-state index in [1.165, 1.54) is 4.90 Å². The molecule has 0 saturated carbocycles. The summed E-state index contributed by atoms with van der Waals surface area (Å²) in [5.74, 6) is -0.110. The summed E-state index contributed by atoms with van der Waals surface area (Å²) < 4.78 is 0. The van der Waals surface area contributed by atoms with Gasteiger partial charge in [-0.2, -0.15) is 0 Å². The Kier molecular flexibility index (Phi) is 3.60. The zero-order valence-electron chi connectivity index (χ0n) is 11.5. The molecule has 0 radical (unpaired) electrons. The molecule has 1 aromatic rings. The van der Waals surface area contributed by atoms with Crippen molar-refractivity contribution in [3.8, 4) is 0 Å². The van der Waals surface area contributed by atoms with E-state index in [1.54, 1.807) is 12.1 Å². The Bertz CT molecular complexity index is 507. The van der Waals surface area contributed by atoms with Crippen LogP contribution in [0.2, 0.25) is 0 Å². The zero-order valence-corrected chi connectivity index (χ0v) is 11.5. The summed E-state index contributed by atoms with van der Waals surface area (Å²) in [6, 6.07) is 7.31. The van der Waals surface area contributed by atoms with Gasteiger partial charge in [-0.05, 0) is 30.5 Å². The summed E-state index contributed by atoms with van der Waals surface area (Å²) >= 11 is 0. The van der Waals surface area contributed by atoms with E-state index >= 15 is 0 Å². The number of rotatable bonds is 4. The van der Waals surface area contributed by atoms with E-state index in [9.17, 15) is 9.59 Å². The molecular formula is C15H20N2O2. The van der Waals surface area contributed by atoms with E-state index in [0.29, 0.717) is 31.5 Å². The molecule has 0 bridgehead atoms. The molecule has 0 unspecified atom stereocenters. The molecule has 4 nitrogen and oxygen atoms in total. The van der Waals surface area contributed by atoms with E-state index in [4.69, 9.17) is 5.73 Å². The molecule has 2 amide bonds. The van der Waals surface area contributed by atoms with Crippen LogP contribution in [0.4, 0.5) is 5.69 Å². The molecule has 2 N–H and O–H groups in total. The fraction of sp³-hybridized carbons (Fsp3) is 0.467. The highest BCUT2D eigenvalue weighted by Crippen LogP contribution is 2.39. The van der Waals surface area contributed by atoms with Crippen molar-refractivity contribution in [2.24, 2.45) is 5.41 Å². The molecule has 0 spiro atoms. The van der Waals surface area contributed by atoms with Gasteiger partial charge in [0.1, 0.15) is 0 Å². The molecule has 1 saturated heterocycles. The lowest BCUT2D eigenvalue weighted by molar-refractivity contribution is -0.142. The lowest BCUT2D eigenvalue weighted by Crippen LogP contribution is -2.34. The Labute approximate surface area is 113 Å². The lowest BCUT2D eigenvalue weighted by atomic mass is 9.81. The fourth-order valence-corrected chi connectivity index (χ4v) is 2.70. The largest absolute Gasteiger partial charge is 0.399 e. The van der Waals surface area contributed by atoms with Crippen LogP contribution in [0, 0.1) is 5.41 Å². The van der Waals surface area contributed by atoms with E-state index < -0.39 is 5.41 Å². The van der Waals surface area contributed by atoms with Gasteiger partial charge in [-0.1, -0.05) is 26.0 Å². The van der Waals surface area contributed by atoms with Crippen LogP contribution >= 0.6 is 0 Å². The van der Waals surface area contributed by atoms with Gasteiger partial charge in [0.2, 0.25) is 11.8 Å². The molecule has 2 rings (SSSR count). The van der Waals surface area contributed by atoms with Gasteiger partial charge >= 0.3 is 0 Å². The van der Waals surface area contributed by atoms with Gasteiger partial charge in [0.05, 0.1) is 12.0 Å². The molecule has 0 aromatic heterocycles. The number of nitrogens with two attached hydrogens (primary N) is 1. The quantitative estimate of drug-likeness (QED) is 0.667. The van der Waals surface area contributed by atoms with E-state index in [-0.39, 0.29) is 11.8 Å². The van der Waals surface area contributed by atoms with Crippen molar-refractivity contribution in [3.05, 3.63) is 29.8 Å². The van der Waals surface area contributed by atoms with Crippen LogP contribution in [0.5, 0.6) is 0 Å². The number of carbonyl (C=O) groups is 2. The Morgan fingerprint density at radius 2 is 1.95 bits per heavy atom. The van der Waals surface area contributed by atoms with Gasteiger partial charge < -0.3 is 5.73 Å². The predicted octanol–water partition coefficient (Wildman–Crippen LogP) is 2.33. The summed E-state index contributed by atoms with van der Waals surface area (Å²) in [6.45, 7) is 4.27. The third kappa shape index (κ3) is 2.35.